The Balaban J connectivity index is 0.000000188. The van der Waals surface area contributed by atoms with Crippen LogP contribution in [-0.2, 0) is 20.1 Å². The normalized spacial score (nSPS) is 13.4. The van der Waals surface area contributed by atoms with E-state index in [1.807, 2.05) is 60.7 Å². The van der Waals surface area contributed by atoms with Gasteiger partial charge in [0.05, 0.1) is 11.1 Å². The molecule has 0 spiro atoms. The van der Waals surface area contributed by atoms with Crippen molar-refractivity contribution < 1.29 is 37.1 Å². The van der Waals surface area contributed by atoms with E-state index >= 15 is 0 Å². The van der Waals surface area contributed by atoms with Crippen molar-refractivity contribution in [2.24, 2.45) is 0 Å². The third-order valence-corrected chi connectivity index (χ3v) is 6.39. The number of aromatic nitrogens is 2. The summed E-state index contributed by atoms with van der Waals surface area (Å²) >= 11 is 0. The average Bonchev–Trinajstić information content (AvgIpc) is 3.44. The summed E-state index contributed by atoms with van der Waals surface area (Å²) in [6.07, 6.45) is 3.04. The molecular formula is C36H25FIrN2O-2. The van der Waals surface area contributed by atoms with Gasteiger partial charge < -0.3 is 14.4 Å². The van der Waals surface area contributed by atoms with Gasteiger partial charge in [-0.25, -0.2) is 4.39 Å². The molecule has 5 heteroatoms. The number of hydrogen-bond donors (Lipinski definition) is 0. The predicted molar refractivity (Wildman–Crippen MR) is 159 cm³/mol. The molecule has 0 aliphatic carbocycles. The topological polar surface area (TPSA) is 38.9 Å². The number of halogens is 1. The molecule has 203 valence electrons. The van der Waals surface area contributed by atoms with Gasteiger partial charge in [-0.2, -0.15) is 0 Å². The average molecular weight is 719 g/mol. The van der Waals surface area contributed by atoms with Crippen LogP contribution in [-0.4, -0.2) is 9.97 Å². The van der Waals surface area contributed by atoms with Crippen LogP contribution >= 0.6 is 0 Å². The molecule has 0 unspecified atom stereocenters. The smallest absolute Gasteiger partial charge is 0.134 e. The van der Waals surface area contributed by atoms with Gasteiger partial charge in [0.25, 0.3) is 0 Å². The van der Waals surface area contributed by atoms with E-state index in [9.17, 15) is 4.39 Å². The van der Waals surface area contributed by atoms with Crippen LogP contribution in [0, 0.1) is 31.7 Å². The zero-order valence-electron chi connectivity index (χ0n) is 27.5. The molecule has 0 aliphatic rings. The van der Waals surface area contributed by atoms with Gasteiger partial charge in [-0.15, -0.1) is 53.6 Å². The Morgan fingerprint density at radius 2 is 1.54 bits per heavy atom. The molecule has 3 aromatic heterocycles. The molecule has 0 N–H and O–H groups in total. The Morgan fingerprint density at radius 3 is 2.24 bits per heavy atom. The van der Waals surface area contributed by atoms with E-state index in [0.717, 1.165) is 27.6 Å². The van der Waals surface area contributed by atoms with Crippen molar-refractivity contribution in [1.82, 2.24) is 9.97 Å². The fraction of sp³-hybridized carbons (Fsp3) is 0.0556. The SMILES string of the molecule is Fc1ccc2c(oc3c(-c4ccccn4)[c-]ccc32)c1-c1ccccc1.[2H]C([2H])([2H])c1c[c-]c(-c2ccc(C([2H])([2H])[2H])cn2)cc1.[Ir]. The Kier molecular flexibility index (Phi) is 6.44. The molecule has 1 radical (unpaired) electrons. The molecule has 0 bridgehead atoms. The fourth-order valence-electron chi connectivity index (χ4n) is 4.49. The molecule has 0 amide bonds. The Hall–Kier alpha value is -4.44. The maximum Gasteiger partial charge on any atom is 0.134 e. The maximum atomic E-state index is 14.7. The van der Waals surface area contributed by atoms with Gasteiger partial charge in [0.1, 0.15) is 11.4 Å². The van der Waals surface area contributed by atoms with Gasteiger partial charge in [0.15, 0.2) is 0 Å². The molecule has 0 atom stereocenters. The number of fused-ring (bicyclic) bond motifs is 3. The summed E-state index contributed by atoms with van der Waals surface area (Å²) in [4.78, 5) is 8.48. The summed E-state index contributed by atoms with van der Waals surface area (Å²) in [7, 11) is 0. The van der Waals surface area contributed by atoms with E-state index in [0.29, 0.717) is 28.0 Å². The second-order valence-electron chi connectivity index (χ2n) is 9.00. The standard InChI is InChI=1S/C23H13FNO.C13H12N.Ir/c24-19-13-12-17-16-9-6-10-18(20-11-4-5-14-25-20)22(16)26-23(17)21(19)15-7-2-1-3-8-15;1-10-3-6-12(7-4-10)13-8-5-11(2)9-14-13;/h1-9,11-14H;3-6,8-9H,1-2H3;/q2*-1;/i;1D3,2D3;. The first-order chi connectivity index (χ1) is 22.0. The van der Waals surface area contributed by atoms with Crippen molar-refractivity contribution in [2.75, 3.05) is 0 Å². The second-order valence-corrected chi connectivity index (χ2v) is 9.00. The summed E-state index contributed by atoms with van der Waals surface area (Å²) in [5.41, 5.74) is 5.58. The molecule has 41 heavy (non-hydrogen) atoms. The molecular weight excluding hydrogens is 688 g/mol. The van der Waals surface area contributed by atoms with E-state index < -0.39 is 13.7 Å². The minimum absolute atomic E-state index is 0. The van der Waals surface area contributed by atoms with Crippen LogP contribution in [0.25, 0.3) is 55.6 Å². The molecule has 3 nitrogen and oxygen atoms in total. The van der Waals surface area contributed by atoms with Crippen LogP contribution in [0.15, 0.2) is 120 Å². The van der Waals surface area contributed by atoms with E-state index in [-0.39, 0.29) is 37.0 Å². The number of rotatable bonds is 3. The maximum absolute atomic E-state index is 14.7. The summed E-state index contributed by atoms with van der Waals surface area (Å²) in [6.45, 7) is -4.34. The van der Waals surface area contributed by atoms with Crippen molar-refractivity contribution in [3.63, 3.8) is 0 Å². The van der Waals surface area contributed by atoms with Crippen LogP contribution in [0.1, 0.15) is 19.4 Å². The van der Waals surface area contributed by atoms with Gasteiger partial charge in [0, 0.05) is 46.1 Å². The minimum atomic E-state index is -2.18. The molecule has 0 saturated heterocycles. The molecule has 0 aliphatic heterocycles. The Labute approximate surface area is 260 Å². The molecule has 3 heterocycles. The number of hydrogen-bond acceptors (Lipinski definition) is 3. The minimum Gasteiger partial charge on any atom is -0.500 e. The van der Waals surface area contributed by atoms with Crippen molar-refractivity contribution in [2.45, 2.75) is 13.7 Å². The monoisotopic (exact) mass is 719 g/mol. The first-order valence-corrected chi connectivity index (χ1v) is 12.5. The number of aryl methyl sites for hydroxylation is 2. The van der Waals surface area contributed by atoms with Crippen LogP contribution in [0.5, 0.6) is 0 Å². The first-order valence-electron chi connectivity index (χ1n) is 15.5. The summed E-state index contributed by atoms with van der Waals surface area (Å²) in [6, 6.07) is 35.9. The molecule has 4 aromatic carbocycles. The zero-order valence-corrected chi connectivity index (χ0v) is 23.9. The number of nitrogens with zero attached hydrogens (tertiary/aromatic N) is 2. The van der Waals surface area contributed by atoms with Gasteiger partial charge in [-0.3, -0.25) is 0 Å². The van der Waals surface area contributed by atoms with E-state index in [4.69, 9.17) is 12.6 Å². The van der Waals surface area contributed by atoms with Gasteiger partial charge in [0.2, 0.25) is 0 Å². The van der Waals surface area contributed by atoms with E-state index in [1.54, 1.807) is 24.4 Å². The summed E-state index contributed by atoms with van der Waals surface area (Å²) in [5, 5.41) is 1.81. The second kappa shape index (κ2) is 12.4. The fourth-order valence-corrected chi connectivity index (χ4v) is 4.49. The largest absolute Gasteiger partial charge is 0.500 e. The predicted octanol–water partition coefficient (Wildman–Crippen LogP) is 9.42. The molecule has 7 aromatic rings. The van der Waals surface area contributed by atoms with Crippen molar-refractivity contribution in [1.29, 1.82) is 0 Å². The van der Waals surface area contributed by atoms with Gasteiger partial charge >= 0.3 is 0 Å². The Morgan fingerprint density at radius 1 is 0.732 bits per heavy atom. The number of benzene rings is 4. The zero-order chi connectivity index (χ0) is 32.5. The van der Waals surface area contributed by atoms with Gasteiger partial charge in [-0.05, 0) is 47.6 Å². The van der Waals surface area contributed by atoms with Crippen LogP contribution < -0.4 is 0 Å². The van der Waals surface area contributed by atoms with Gasteiger partial charge in [-0.1, -0.05) is 72.4 Å². The number of pyridine rings is 2. The van der Waals surface area contributed by atoms with Crippen LogP contribution in [0.3, 0.4) is 0 Å². The first kappa shape index (κ1) is 21.3. The summed E-state index contributed by atoms with van der Waals surface area (Å²) in [5.74, 6) is -0.300. The molecule has 7 rings (SSSR count). The quantitative estimate of drug-likeness (QED) is 0.171. The summed E-state index contributed by atoms with van der Waals surface area (Å²) < 4.78 is 64.5. The van der Waals surface area contributed by atoms with Crippen LogP contribution in [0.2, 0.25) is 0 Å². The van der Waals surface area contributed by atoms with Crippen molar-refractivity contribution in [3.05, 3.63) is 145 Å². The van der Waals surface area contributed by atoms with E-state index in [1.165, 1.54) is 30.5 Å². The third kappa shape index (κ3) is 5.88. The van der Waals surface area contributed by atoms with E-state index in [2.05, 4.69) is 22.1 Å². The third-order valence-electron chi connectivity index (χ3n) is 6.39. The number of furan rings is 1. The molecule has 0 fully saturated rings. The van der Waals surface area contributed by atoms with Crippen molar-refractivity contribution in [3.8, 4) is 33.6 Å². The van der Waals surface area contributed by atoms with Crippen LogP contribution in [0.4, 0.5) is 4.39 Å². The Bertz CT molecular complexity index is 2060. The van der Waals surface area contributed by atoms with Crippen molar-refractivity contribution >= 4 is 21.9 Å². The molecule has 0 saturated carbocycles.